The highest BCUT2D eigenvalue weighted by Crippen LogP contribution is 2.27. The van der Waals surface area contributed by atoms with Crippen molar-refractivity contribution in [3.05, 3.63) is 23.8 Å². The summed E-state index contributed by atoms with van der Waals surface area (Å²) in [5.74, 6) is -0.0103. The fourth-order valence-electron chi connectivity index (χ4n) is 2.66. The molecule has 1 atom stereocenters. The Bertz CT molecular complexity index is 596. The van der Waals surface area contributed by atoms with Crippen molar-refractivity contribution >= 4 is 34.8 Å². The van der Waals surface area contributed by atoms with Crippen LogP contribution in [0, 0.1) is 5.92 Å². The largest absolute Gasteiger partial charge is 0.371 e. The van der Waals surface area contributed by atoms with Crippen molar-refractivity contribution in [1.29, 1.82) is 0 Å². The Kier molecular flexibility index (Phi) is 6.49. The van der Waals surface area contributed by atoms with Crippen molar-refractivity contribution in [1.82, 2.24) is 5.32 Å². The van der Waals surface area contributed by atoms with Crippen LogP contribution in [0.2, 0.25) is 0 Å². The first kappa shape index (κ1) is 18.6. The van der Waals surface area contributed by atoms with Crippen molar-refractivity contribution in [2.75, 3.05) is 29.9 Å². The fourth-order valence-corrected chi connectivity index (χ4v) is 2.72. The summed E-state index contributed by atoms with van der Waals surface area (Å²) in [5.41, 5.74) is 2.10. The molecule has 0 bridgehead atoms. The summed E-state index contributed by atoms with van der Waals surface area (Å²) < 4.78 is 0. The molecule has 2 rings (SSSR count). The Morgan fingerprint density at radius 3 is 2.46 bits per heavy atom. The van der Waals surface area contributed by atoms with Crippen molar-refractivity contribution < 1.29 is 9.59 Å². The van der Waals surface area contributed by atoms with Crippen molar-refractivity contribution in [3.63, 3.8) is 0 Å². The van der Waals surface area contributed by atoms with E-state index in [1.807, 2.05) is 12.1 Å². The maximum Gasteiger partial charge on any atom is 0.253 e. The van der Waals surface area contributed by atoms with E-state index >= 15 is 0 Å². The zero-order valence-electron chi connectivity index (χ0n) is 14.6. The van der Waals surface area contributed by atoms with E-state index in [1.165, 1.54) is 0 Å². The predicted octanol–water partition coefficient (Wildman–Crippen LogP) is 3.24. The molecule has 2 amide bonds. The van der Waals surface area contributed by atoms with Crippen LogP contribution in [0.15, 0.2) is 18.2 Å². The van der Waals surface area contributed by atoms with Gasteiger partial charge in [0.1, 0.15) is 5.38 Å². The molecule has 0 aliphatic carbocycles. The summed E-state index contributed by atoms with van der Waals surface area (Å²) in [6.07, 6.45) is 2.27. The number of amides is 2. The van der Waals surface area contributed by atoms with Gasteiger partial charge in [-0.05, 0) is 43.9 Å². The van der Waals surface area contributed by atoms with Crippen LogP contribution < -0.4 is 15.5 Å². The van der Waals surface area contributed by atoms with E-state index in [-0.39, 0.29) is 11.8 Å². The lowest BCUT2D eigenvalue weighted by Gasteiger charge is -2.22. The molecule has 1 fully saturated rings. The number of hydrogen-bond acceptors (Lipinski definition) is 3. The van der Waals surface area contributed by atoms with Gasteiger partial charge in [0.15, 0.2) is 0 Å². The second-order valence-corrected chi connectivity index (χ2v) is 7.29. The third-order valence-electron chi connectivity index (χ3n) is 3.99. The highest BCUT2D eigenvalue weighted by Gasteiger charge is 2.21. The Hall–Kier alpha value is -1.75. The van der Waals surface area contributed by atoms with Gasteiger partial charge in [-0.1, -0.05) is 13.8 Å². The van der Waals surface area contributed by atoms with Gasteiger partial charge in [0, 0.05) is 31.0 Å². The average molecular weight is 352 g/mol. The number of nitrogens with one attached hydrogen (secondary N) is 2. The van der Waals surface area contributed by atoms with Crippen molar-refractivity contribution in [2.45, 2.75) is 39.0 Å². The van der Waals surface area contributed by atoms with E-state index in [0.717, 1.165) is 31.6 Å². The summed E-state index contributed by atoms with van der Waals surface area (Å²) >= 11 is 5.80. The van der Waals surface area contributed by atoms with Crippen LogP contribution in [0.3, 0.4) is 0 Å². The molecule has 0 aromatic heterocycles. The first-order chi connectivity index (χ1) is 11.4. The molecule has 2 N–H and O–H groups in total. The first-order valence-electron chi connectivity index (χ1n) is 8.50. The van der Waals surface area contributed by atoms with Crippen LogP contribution >= 0.6 is 11.6 Å². The van der Waals surface area contributed by atoms with Gasteiger partial charge in [0.25, 0.3) is 5.91 Å². The number of hydrogen-bond donors (Lipinski definition) is 2. The van der Waals surface area contributed by atoms with Gasteiger partial charge in [-0.15, -0.1) is 11.6 Å². The van der Waals surface area contributed by atoms with Crippen LogP contribution in [0.25, 0.3) is 0 Å². The maximum atomic E-state index is 12.6. The first-order valence-corrected chi connectivity index (χ1v) is 8.94. The van der Waals surface area contributed by atoms with Crippen molar-refractivity contribution in [2.24, 2.45) is 5.92 Å². The van der Waals surface area contributed by atoms with Crippen molar-refractivity contribution in [3.8, 4) is 0 Å². The minimum atomic E-state index is -0.624. The molecule has 1 aromatic carbocycles. The number of anilines is 2. The lowest BCUT2D eigenvalue weighted by atomic mass is 10.1. The van der Waals surface area contributed by atoms with Crippen LogP contribution in [-0.4, -0.2) is 36.8 Å². The van der Waals surface area contributed by atoms with Gasteiger partial charge in [-0.3, -0.25) is 9.59 Å². The standard InChI is InChI=1S/C18H26ClN3O2/c1-12(2)11-20-18(24)15-10-14(21-17(23)13(3)19)6-7-16(15)22-8-4-5-9-22/h6-7,10,12-13H,4-5,8-9,11H2,1-3H3,(H,20,24)(H,21,23)/t13-/m0/s1. The molecule has 24 heavy (non-hydrogen) atoms. The molecule has 1 heterocycles. The molecule has 0 radical (unpaired) electrons. The maximum absolute atomic E-state index is 12.6. The summed E-state index contributed by atoms with van der Waals surface area (Å²) in [6, 6.07) is 5.47. The van der Waals surface area contributed by atoms with Gasteiger partial charge in [-0.25, -0.2) is 0 Å². The number of halogens is 1. The van der Waals surface area contributed by atoms with Gasteiger partial charge in [-0.2, -0.15) is 0 Å². The second-order valence-electron chi connectivity index (χ2n) is 6.64. The fraction of sp³-hybridized carbons (Fsp3) is 0.556. The van der Waals surface area contributed by atoms with E-state index in [4.69, 9.17) is 11.6 Å². The van der Waals surface area contributed by atoms with Gasteiger partial charge < -0.3 is 15.5 Å². The normalized spacial score (nSPS) is 15.5. The Balaban J connectivity index is 2.26. The van der Waals surface area contributed by atoms with Crippen LogP contribution in [-0.2, 0) is 4.79 Å². The molecule has 1 aliphatic heterocycles. The third-order valence-corrected chi connectivity index (χ3v) is 4.19. The summed E-state index contributed by atoms with van der Waals surface area (Å²) in [6.45, 7) is 8.25. The molecule has 0 spiro atoms. The Morgan fingerprint density at radius 2 is 1.88 bits per heavy atom. The lowest BCUT2D eigenvalue weighted by Crippen LogP contribution is -2.30. The van der Waals surface area contributed by atoms with E-state index < -0.39 is 5.38 Å². The molecular formula is C18H26ClN3O2. The summed E-state index contributed by atoms with van der Waals surface area (Å²) in [5, 5.41) is 5.09. The molecule has 5 nitrogen and oxygen atoms in total. The second kappa shape index (κ2) is 8.38. The molecule has 0 unspecified atom stereocenters. The third kappa shape index (κ3) is 4.87. The SMILES string of the molecule is CC(C)CNC(=O)c1cc(NC(=O)[C@H](C)Cl)ccc1N1CCCC1. The molecule has 1 aliphatic rings. The van der Waals surface area contributed by atoms with E-state index in [1.54, 1.807) is 13.0 Å². The van der Waals surface area contributed by atoms with E-state index in [9.17, 15) is 9.59 Å². The zero-order valence-corrected chi connectivity index (χ0v) is 15.3. The topological polar surface area (TPSA) is 61.4 Å². The zero-order chi connectivity index (χ0) is 17.7. The molecule has 0 saturated carbocycles. The number of carbonyl (C=O) groups is 2. The number of rotatable bonds is 6. The van der Waals surface area contributed by atoms with Crippen LogP contribution in [0.1, 0.15) is 44.0 Å². The van der Waals surface area contributed by atoms with Gasteiger partial charge in [0.05, 0.1) is 5.56 Å². The van der Waals surface area contributed by atoms with Gasteiger partial charge >= 0.3 is 0 Å². The van der Waals surface area contributed by atoms with Gasteiger partial charge in [0.2, 0.25) is 5.91 Å². The Morgan fingerprint density at radius 1 is 1.21 bits per heavy atom. The minimum absolute atomic E-state index is 0.111. The van der Waals surface area contributed by atoms with E-state index in [0.29, 0.717) is 23.7 Å². The summed E-state index contributed by atoms with van der Waals surface area (Å²) in [7, 11) is 0. The minimum Gasteiger partial charge on any atom is -0.371 e. The predicted molar refractivity (Wildman–Crippen MR) is 99.0 cm³/mol. The molecule has 1 saturated heterocycles. The Labute approximate surface area is 148 Å². The van der Waals surface area contributed by atoms with Crippen LogP contribution in [0.4, 0.5) is 11.4 Å². The molecule has 1 aromatic rings. The molecule has 6 heteroatoms. The number of nitrogens with zero attached hydrogens (tertiary/aromatic N) is 1. The number of carbonyl (C=O) groups excluding carboxylic acids is 2. The number of benzene rings is 1. The quantitative estimate of drug-likeness (QED) is 0.773. The highest BCUT2D eigenvalue weighted by atomic mass is 35.5. The summed E-state index contributed by atoms with van der Waals surface area (Å²) in [4.78, 5) is 26.6. The monoisotopic (exact) mass is 351 g/mol. The molecule has 132 valence electrons. The van der Waals surface area contributed by atoms with E-state index in [2.05, 4.69) is 29.4 Å². The average Bonchev–Trinajstić information content (AvgIpc) is 3.06. The van der Waals surface area contributed by atoms with Crippen LogP contribution in [0.5, 0.6) is 0 Å². The number of alkyl halides is 1. The molecular weight excluding hydrogens is 326 g/mol. The lowest BCUT2D eigenvalue weighted by molar-refractivity contribution is -0.115. The highest BCUT2D eigenvalue weighted by molar-refractivity contribution is 6.32. The smallest absolute Gasteiger partial charge is 0.253 e.